The second kappa shape index (κ2) is 4.32. The van der Waals surface area contributed by atoms with Gasteiger partial charge in [0.15, 0.2) is 0 Å². The Kier molecular flexibility index (Phi) is 2.67. The van der Waals surface area contributed by atoms with Crippen molar-refractivity contribution in [3.8, 4) is 0 Å². The van der Waals surface area contributed by atoms with E-state index in [-0.39, 0.29) is 11.8 Å². The first kappa shape index (κ1) is 10.5. The molecule has 88 valence electrons. The molecule has 1 aromatic carbocycles. The van der Waals surface area contributed by atoms with Gasteiger partial charge in [-0.05, 0) is 30.9 Å². The number of rotatable bonds is 1. The fourth-order valence-corrected chi connectivity index (χ4v) is 2.67. The molecule has 0 aromatic heterocycles. The largest absolute Gasteiger partial charge is 0.325 e. The number of fused-ring (bicyclic) bond motifs is 1. The molecule has 0 aliphatic carbocycles. The van der Waals surface area contributed by atoms with Gasteiger partial charge >= 0.3 is 0 Å². The van der Waals surface area contributed by atoms with Crippen LogP contribution in [0.3, 0.4) is 0 Å². The standard InChI is InChI=1S/C14H16N2O/c17-14-13(12-8-2-1-5-9-15-12)10-6-3-4-7-11(10)16-14/h3-4,6-7,13H,1-2,5,8-9H2,(H,16,17)/t13-/m1/s1. The first-order chi connectivity index (χ1) is 8.36. The summed E-state index contributed by atoms with van der Waals surface area (Å²) in [4.78, 5) is 16.7. The van der Waals surface area contributed by atoms with Crippen LogP contribution < -0.4 is 5.32 Å². The minimum Gasteiger partial charge on any atom is -0.325 e. The van der Waals surface area contributed by atoms with E-state index in [0.717, 1.165) is 42.8 Å². The van der Waals surface area contributed by atoms with Crippen LogP contribution in [0.15, 0.2) is 29.3 Å². The van der Waals surface area contributed by atoms with Gasteiger partial charge in [0.1, 0.15) is 5.92 Å². The average Bonchev–Trinajstić information content (AvgIpc) is 2.53. The van der Waals surface area contributed by atoms with Crippen molar-refractivity contribution in [2.45, 2.75) is 31.6 Å². The lowest BCUT2D eigenvalue weighted by Crippen LogP contribution is -2.21. The van der Waals surface area contributed by atoms with Crippen molar-refractivity contribution in [3.05, 3.63) is 29.8 Å². The number of benzene rings is 1. The minimum atomic E-state index is -0.135. The molecule has 3 heteroatoms. The van der Waals surface area contributed by atoms with E-state index in [9.17, 15) is 4.79 Å². The summed E-state index contributed by atoms with van der Waals surface area (Å²) in [5.41, 5.74) is 3.12. The zero-order valence-electron chi connectivity index (χ0n) is 9.78. The first-order valence-corrected chi connectivity index (χ1v) is 6.29. The highest BCUT2D eigenvalue weighted by Gasteiger charge is 2.33. The summed E-state index contributed by atoms with van der Waals surface area (Å²) in [7, 11) is 0. The van der Waals surface area contributed by atoms with Gasteiger partial charge in [-0.1, -0.05) is 24.6 Å². The predicted molar refractivity (Wildman–Crippen MR) is 68.6 cm³/mol. The van der Waals surface area contributed by atoms with Crippen LogP contribution in [-0.2, 0) is 4.79 Å². The Hall–Kier alpha value is -1.64. The highest BCUT2D eigenvalue weighted by atomic mass is 16.2. The van der Waals surface area contributed by atoms with Gasteiger partial charge < -0.3 is 5.32 Å². The average molecular weight is 228 g/mol. The topological polar surface area (TPSA) is 41.5 Å². The van der Waals surface area contributed by atoms with Crippen LogP contribution >= 0.6 is 0 Å². The van der Waals surface area contributed by atoms with Crippen molar-refractivity contribution in [3.63, 3.8) is 0 Å². The molecule has 2 heterocycles. The summed E-state index contributed by atoms with van der Waals surface area (Å²) >= 11 is 0. The lowest BCUT2D eigenvalue weighted by molar-refractivity contribution is -0.115. The molecular formula is C14H16N2O. The highest BCUT2D eigenvalue weighted by molar-refractivity contribution is 6.18. The molecule has 0 unspecified atom stereocenters. The van der Waals surface area contributed by atoms with Gasteiger partial charge in [-0.2, -0.15) is 0 Å². The molecule has 0 spiro atoms. The number of hydrogen-bond acceptors (Lipinski definition) is 2. The molecule has 1 N–H and O–H groups in total. The number of nitrogens with zero attached hydrogens (tertiary/aromatic N) is 1. The molecule has 0 radical (unpaired) electrons. The molecule has 0 bridgehead atoms. The van der Waals surface area contributed by atoms with Gasteiger partial charge in [0, 0.05) is 17.9 Å². The third kappa shape index (κ3) is 1.86. The third-order valence-corrected chi connectivity index (χ3v) is 3.53. The van der Waals surface area contributed by atoms with Crippen molar-refractivity contribution in [2.24, 2.45) is 4.99 Å². The van der Waals surface area contributed by atoms with Crippen molar-refractivity contribution in [1.82, 2.24) is 0 Å². The van der Waals surface area contributed by atoms with E-state index in [1.54, 1.807) is 0 Å². The maximum absolute atomic E-state index is 12.1. The number of carbonyl (C=O) groups is 1. The molecule has 0 saturated carbocycles. The highest BCUT2D eigenvalue weighted by Crippen LogP contribution is 2.34. The molecule has 0 fully saturated rings. The van der Waals surface area contributed by atoms with Gasteiger partial charge in [0.05, 0.1) is 0 Å². The fourth-order valence-electron chi connectivity index (χ4n) is 2.67. The Morgan fingerprint density at radius 3 is 3.00 bits per heavy atom. The molecule has 0 saturated heterocycles. The molecular weight excluding hydrogens is 212 g/mol. The molecule has 2 aliphatic rings. The fraction of sp³-hybridized carbons (Fsp3) is 0.429. The van der Waals surface area contributed by atoms with Gasteiger partial charge in [0.2, 0.25) is 5.91 Å². The van der Waals surface area contributed by atoms with Crippen LogP contribution in [0.4, 0.5) is 5.69 Å². The summed E-state index contributed by atoms with van der Waals surface area (Å²) in [5, 5.41) is 2.95. The van der Waals surface area contributed by atoms with Gasteiger partial charge in [-0.15, -0.1) is 0 Å². The van der Waals surface area contributed by atoms with E-state index in [1.165, 1.54) is 6.42 Å². The zero-order chi connectivity index (χ0) is 11.7. The van der Waals surface area contributed by atoms with E-state index in [4.69, 9.17) is 0 Å². The lowest BCUT2D eigenvalue weighted by atomic mass is 9.92. The molecule has 3 rings (SSSR count). The Bertz CT molecular complexity index is 479. The summed E-state index contributed by atoms with van der Waals surface area (Å²) in [6.07, 6.45) is 4.50. The number of aliphatic imine (C=N–C) groups is 1. The van der Waals surface area contributed by atoms with E-state index in [0.29, 0.717) is 0 Å². The van der Waals surface area contributed by atoms with Crippen LogP contribution in [0, 0.1) is 0 Å². The Morgan fingerprint density at radius 2 is 2.06 bits per heavy atom. The smallest absolute Gasteiger partial charge is 0.237 e. The molecule has 17 heavy (non-hydrogen) atoms. The Balaban J connectivity index is 1.97. The summed E-state index contributed by atoms with van der Waals surface area (Å²) in [6.45, 7) is 0.876. The molecule has 2 aliphatic heterocycles. The monoisotopic (exact) mass is 228 g/mol. The minimum absolute atomic E-state index is 0.0897. The van der Waals surface area contributed by atoms with Crippen molar-refractivity contribution < 1.29 is 4.79 Å². The Labute approximate surface area is 101 Å². The van der Waals surface area contributed by atoms with Gasteiger partial charge in [-0.3, -0.25) is 9.79 Å². The summed E-state index contributed by atoms with van der Waals surface area (Å²) in [6, 6.07) is 7.94. The maximum atomic E-state index is 12.1. The Morgan fingerprint density at radius 1 is 1.18 bits per heavy atom. The predicted octanol–water partition coefficient (Wildman–Crippen LogP) is 2.74. The van der Waals surface area contributed by atoms with Crippen LogP contribution in [0.1, 0.15) is 37.2 Å². The van der Waals surface area contributed by atoms with E-state index >= 15 is 0 Å². The third-order valence-electron chi connectivity index (χ3n) is 3.53. The second-order valence-corrected chi connectivity index (χ2v) is 4.69. The van der Waals surface area contributed by atoms with E-state index < -0.39 is 0 Å². The normalized spacial score (nSPS) is 23.6. The van der Waals surface area contributed by atoms with Crippen LogP contribution in [0.2, 0.25) is 0 Å². The quantitative estimate of drug-likeness (QED) is 0.789. The van der Waals surface area contributed by atoms with E-state index in [1.807, 2.05) is 24.3 Å². The maximum Gasteiger partial charge on any atom is 0.237 e. The van der Waals surface area contributed by atoms with Crippen molar-refractivity contribution in [2.75, 3.05) is 11.9 Å². The summed E-state index contributed by atoms with van der Waals surface area (Å²) in [5.74, 6) is -0.0452. The molecule has 1 atom stereocenters. The number of anilines is 1. The lowest BCUT2D eigenvalue weighted by Gasteiger charge is -2.11. The van der Waals surface area contributed by atoms with Gasteiger partial charge in [0.25, 0.3) is 0 Å². The second-order valence-electron chi connectivity index (χ2n) is 4.69. The van der Waals surface area contributed by atoms with Crippen LogP contribution in [0.25, 0.3) is 0 Å². The van der Waals surface area contributed by atoms with Crippen molar-refractivity contribution in [1.29, 1.82) is 0 Å². The summed E-state index contributed by atoms with van der Waals surface area (Å²) < 4.78 is 0. The molecule has 1 amide bonds. The zero-order valence-corrected chi connectivity index (χ0v) is 9.78. The van der Waals surface area contributed by atoms with E-state index in [2.05, 4.69) is 10.3 Å². The first-order valence-electron chi connectivity index (χ1n) is 6.29. The number of carbonyl (C=O) groups excluding carboxylic acids is 1. The van der Waals surface area contributed by atoms with Crippen LogP contribution in [0.5, 0.6) is 0 Å². The number of amides is 1. The molecule has 1 aromatic rings. The SMILES string of the molecule is O=C1Nc2ccccc2[C@@H]1C1=NCCCCC1. The molecule has 3 nitrogen and oxygen atoms in total. The number of para-hydroxylation sites is 1. The number of hydrogen-bond donors (Lipinski definition) is 1. The van der Waals surface area contributed by atoms with Crippen molar-refractivity contribution >= 4 is 17.3 Å². The van der Waals surface area contributed by atoms with Crippen LogP contribution in [-0.4, -0.2) is 18.2 Å². The van der Waals surface area contributed by atoms with Gasteiger partial charge in [-0.25, -0.2) is 0 Å². The number of nitrogens with one attached hydrogen (secondary N) is 1.